The van der Waals surface area contributed by atoms with Crippen LogP contribution in [-0.4, -0.2) is 19.6 Å². The van der Waals surface area contributed by atoms with Gasteiger partial charge >= 0.3 is 5.97 Å². The molecule has 37 heavy (non-hydrogen) atoms. The van der Waals surface area contributed by atoms with E-state index in [0.29, 0.717) is 5.92 Å². The minimum absolute atomic E-state index is 0.0335. The van der Waals surface area contributed by atoms with Crippen LogP contribution < -0.4 is 9.47 Å². The van der Waals surface area contributed by atoms with Crippen LogP contribution in [0.25, 0.3) is 16.3 Å². The van der Waals surface area contributed by atoms with Crippen LogP contribution in [0.5, 0.6) is 0 Å². The van der Waals surface area contributed by atoms with Crippen LogP contribution in [0.15, 0.2) is 70.1 Å². The van der Waals surface area contributed by atoms with Gasteiger partial charge in [-0.3, -0.25) is 4.79 Å². The highest BCUT2D eigenvalue weighted by molar-refractivity contribution is 8.03. The number of para-hydroxylation sites is 2. The van der Waals surface area contributed by atoms with E-state index in [0.717, 1.165) is 51.6 Å². The first kappa shape index (κ1) is 26.1. The molecule has 2 aromatic carbocycles. The Morgan fingerprint density at radius 3 is 2.51 bits per heavy atom. The topological polar surface area (TPSA) is 33.4 Å². The second-order valence-corrected chi connectivity index (χ2v) is 12.1. The van der Waals surface area contributed by atoms with Crippen LogP contribution in [0.4, 0.5) is 5.69 Å². The number of ether oxygens (including phenoxy) is 1. The molecule has 2 aliphatic rings. The minimum Gasteiger partial charge on any atom is -0.469 e. The van der Waals surface area contributed by atoms with Crippen molar-refractivity contribution in [3.63, 3.8) is 0 Å². The number of thioether (sulfide) groups is 1. The molecule has 1 aliphatic heterocycles. The monoisotopic (exact) mass is 533 g/mol. The standard InChI is InChI=1S/C31H37N2O2S2/c1-4-18-32-25-10-6-8-12-27(25)36-29(32)20-24(22-14-16-23(17-15-22)31(34)35-3)21-30-33(19-5-2)26-11-7-9-13-28(26)37-30/h6-13,20-23H,4-5,14-19H2,1-3H3/q+1. The van der Waals surface area contributed by atoms with Crippen LogP contribution in [0.3, 0.4) is 0 Å². The van der Waals surface area contributed by atoms with E-state index in [9.17, 15) is 4.79 Å². The molecule has 0 bridgehead atoms. The molecule has 5 rings (SSSR count). The van der Waals surface area contributed by atoms with Crippen molar-refractivity contribution in [1.29, 1.82) is 0 Å². The van der Waals surface area contributed by atoms with Gasteiger partial charge in [-0.15, -0.1) is 0 Å². The third-order valence-corrected chi connectivity index (χ3v) is 9.71. The van der Waals surface area contributed by atoms with Gasteiger partial charge in [0.15, 0.2) is 0 Å². The van der Waals surface area contributed by atoms with E-state index in [2.05, 4.69) is 84.0 Å². The Kier molecular flexibility index (Phi) is 8.36. The summed E-state index contributed by atoms with van der Waals surface area (Å²) in [5, 5.41) is 2.63. The molecular weight excluding hydrogens is 496 g/mol. The highest BCUT2D eigenvalue weighted by Crippen LogP contribution is 2.47. The molecule has 0 atom stereocenters. The zero-order valence-corrected chi connectivity index (χ0v) is 23.7. The fraction of sp³-hybridized carbons (Fsp3) is 0.419. The van der Waals surface area contributed by atoms with Crippen molar-refractivity contribution in [2.24, 2.45) is 11.8 Å². The van der Waals surface area contributed by atoms with E-state index >= 15 is 0 Å². The van der Waals surface area contributed by atoms with Gasteiger partial charge in [0.05, 0.1) is 23.7 Å². The van der Waals surface area contributed by atoms with Gasteiger partial charge < -0.3 is 9.64 Å². The highest BCUT2D eigenvalue weighted by Gasteiger charge is 2.31. The van der Waals surface area contributed by atoms with E-state index in [1.165, 1.54) is 43.5 Å². The number of allylic oxidation sites excluding steroid dienone is 2. The Hall–Kier alpha value is -2.57. The first-order chi connectivity index (χ1) is 18.1. The van der Waals surface area contributed by atoms with Crippen LogP contribution in [0.2, 0.25) is 0 Å². The molecule has 2 heterocycles. The molecule has 0 unspecified atom stereocenters. The van der Waals surface area contributed by atoms with E-state index in [1.807, 2.05) is 23.1 Å². The Morgan fingerprint density at radius 2 is 1.76 bits per heavy atom. The minimum atomic E-state index is -0.0523. The molecule has 6 heteroatoms. The predicted molar refractivity (Wildman–Crippen MR) is 156 cm³/mol. The Balaban J connectivity index is 1.56. The summed E-state index contributed by atoms with van der Waals surface area (Å²) in [7, 11) is 1.51. The van der Waals surface area contributed by atoms with Gasteiger partial charge in [0.25, 0.3) is 5.01 Å². The number of carbonyl (C=O) groups excluding carboxylic acids is 1. The molecule has 0 amide bonds. The molecule has 0 spiro atoms. The van der Waals surface area contributed by atoms with Crippen molar-refractivity contribution in [2.75, 3.05) is 18.6 Å². The maximum atomic E-state index is 12.2. The smallest absolute Gasteiger partial charge is 0.308 e. The van der Waals surface area contributed by atoms with Crippen molar-refractivity contribution >= 4 is 51.0 Å². The molecule has 194 valence electrons. The lowest BCUT2D eigenvalue weighted by atomic mass is 9.78. The fourth-order valence-corrected chi connectivity index (χ4v) is 7.92. The van der Waals surface area contributed by atoms with Crippen molar-refractivity contribution < 1.29 is 14.1 Å². The van der Waals surface area contributed by atoms with E-state index < -0.39 is 0 Å². The van der Waals surface area contributed by atoms with Crippen LogP contribution in [0.1, 0.15) is 57.4 Å². The average molecular weight is 534 g/mol. The van der Waals surface area contributed by atoms with Crippen LogP contribution in [-0.2, 0) is 16.1 Å². The molecule has 1 fully saturated rings. The van der Waals surface area contributed by atoms with Gasteiger partial charge in [-0.05, 0) is 67.9 Å². The summed E-state index contributed by atoms with van der Waals surface area (Å²) >= 11 is 3.77. The van der Waals surface area contributed by atoms with Crippen molar-refractivity contribution in [3.05, 3.63) is 70.2 Å². The fourth-order valence-electron chi connectivity index (χ4n) is 5.62. The van der Waals surface area contributed by atoms with Crippen LogP contribution in [0, 0.1) is 11.8 Å². The third-order valence-electron chi connectivity index (χ3n) is 7.48. The van der Waals surface area contributed by atoms with Gasteiger partial charge in [-0.2, -0.15) is 4.57 Å². The first-order valence-corrected chi connectivity index (χ1v) is 15.2. The molecular formula is C31H37N2O2S2+. The van der Waals surface area contributed by atoms with Gasteiger partial charge in [0.2, 0.25) is 5.52 Å². The molecule has 1 aliphatic carbocycles. The normalized spacial score (nSPS) is 21.0. The summed E-state index contributed by atoms with van der Waals surface area (Å²) in [4.78, 5) is 16.0. The molecule has 0 radical (unpaired) electrons. The number of thiazole rings is 1. The quantitative estimate of drug-likeness (QED) is 0.218. The summed E-state index contributed by atoms with van der Waals surface area (Å²) in [6.45, 7) is 6.52. The number of methoxy groups -OCH3 is 1. The summed E-state index contributed by atoms with van der Waals surface area (Å²) in [6, 6.07) is 17.5. The predicted octanol–water partition coefficient (Wildman–Crippen LogP) is 7.83. The number of aromatic nitrogens is 1. The third kappa shape index (κ3) is 5.51. The Labute approximate surface area is 229 Å². The Morgan fingerprint density at radius 1 is 1.03 bits per heavy atom. The summed E-state index contributed by atoms with van der Waals surface area (Å²) in [6.07, 6.45) is 10.9. The Bertz CT molecular complexity index is 1320. The number of esters is 1. The lowest BCUT2D eigenvalue weighted by molar-refractivity contribution is -0.668. The second-order valence-electron chi connectivity index (χ2n) is 9.98. The average Bonchev–Trinajstić information content (AvgIpc) is 3.46. The van der Waals surface area contributed by atoms with Gasteiger partial charge in [-0.1, -0.05) is 61.2 Å². The zero-order chi connectivity index (χ0) is 25.8. The summed E-state index contributed by atoms with van der Waals surface area (Å²) < 4.78 is 8.88. The second kappa shape index (κ2) is 11.9. The van der Waals surface area contributed by atoms with Crippen molar-refractivity contribution in [1.82, 2.24) is 0 Å². The zero-order valence-electron chi connectivity index (χ0n) is 22.1. The largest absolute Gasteiger partial charge is 0.469 e. The summed E-state index contributed by atoms with van der Waals surface area (Å²) in [5.74, 6) is 0.413. The number of carbonyl (C=O) groups is 1. The molecule has 0 N–H and O–H groups in total. The lowest BCUT2D eigenvalue weighted by Crippen LogP contribution is -2.34. The highest BCUT2D eigenvalue weighted by atomic mass is 32.2. The van der Waals surface area contributed by atoms with E-state index in [-0.39, 0.29) is 11.9 Å². The van der Waals surface area contributed by atoms with Gasteiger partial charge in [-0.25, -0.2) is 0 Å². The molecule has 1 aromatic heterocycles. The number of anilines is 1. The lowest BCUT2D eigenvalue weighted by Gasteiger charge is -2.28. The van der Waals surface area contributed by atoms with Gasteiger partial charge in [0, 0.05) is 30.0 Å². The number of benzene rings is 2. The number of hydrogen-bond acceptors (Lipinski definition) is 5. The number of hydrogen-bond donors (Lipinski definition) is 0. The number of aryl methyl sites for hydroxylation is 1. The SMILES string of the molecule is CCCN1/C(=C\C(=C\c2sc3ccccc3[n+]2CCC)C2CCC(C(=O)OC)CC2)Sc2ccccc21. The maximum absolute atomic E-state index is 12.2. The van der Waals surface area contributed by atoms with Crippen LogP contribution >= 0.6 is 23.1 Å². The van der Waals surface area contributed by atoms with E-state index in [4.69, 9.17) is 4.74 Å². The molecule has 3 aromatic rings. The number of nitrogens with zero attached hydrogens (tertiary/aromatic N) is 2. The van der Waals surface area contributed by atoms with Gasteiger partial charge in [0.1, 0.15) is 11.2 Å². The van der Waals surface area contributed by atoms with Crippen molar-refractivity contribution in [3.8, 4) is 0 Å². The molecule has 4 nitrogen and oxygen atoms in total. The number of rotatable bonds is 8. The maximum Gasteiger partial charge on any atom is 0.308 e. The first-order valence-electron chi connectivity index (χ1n) is 13.6. The summed E-state index contributed by atoms with van der Waals surface area (Å²) in [5.41, 5.74) is 4.02. The number of fused-ring (bicyclic) bond motifs is 2. The van der Waals surface area contributed by atoms with Crippen molar-refractivity contribution in [2.45, 2.75) is 63.8 Å². The van der Waals surface area contributed by atoms with E-state index in [1.54, 1.807) is 0 Å². The molecule has 1 saturated carbocycles. The molecule has 0 saturated heterocycles.